The van der Waals surface area contributed by atoms with Crippen molar-refractivity contribution in [2.45, 2.75) is 53.6 Å². The van der Waals surface area contributed by atoms with Crippen molar-refractivity contribution in [3.63, 3.8) is 0 Å². The van der Waals surface area contributed by atoms with Crippen LogP contribution in [-0.4, -0.2) is 55.1 Å². The molecule has 0 aromatic rings. The van der Waals surface area contributed by atoms with E-state index in [-0.39, 0.29) is 13.0 Å². The largest absolute Gasteiger partial charge is 0.464 e. The summed E-state index contributed by atoms with van der Waals surface area (Å²) in [7, 11) is -4.21. The predicted octanol–water partition coefficient (Wildman–Crippen LogP) is 1.17. The summed E-state index contributed by atoms with van der Waals surface area (Å²) in [6.45, 7) is 7.50. The number of aliphatic hydroxyl groups is 1. The van der Waals surface area contributed by atoms with Crippen LogP contribution in [0.15, 0.2) is 0 Å². The molecule has 8 nitrogen and oxygen atoms in total. The minimum atomic E-state index is -4.21. The van der Waals surface area contributed by atoms with E-state index in [0.29, 0.717) is 6.42 Å². The highest BCUT2D eigenvalue weighted by atomic mass is 32.2. The summed E-state index contributed by atoms with van der Waals surface area (Å²) in [6, 6.07) is 0. The fourth-order valence-electron chi connectivity index (χ4n) is 2.19. The Morgan fingerprint density at radius 3 is 2.08 bits per heavy atom. The molecule has 0 aromatic carbocycles. The zero-order chi connectivity index (χ0) is 19.2. The topological polar surface area (TPSA) is 127 Å². The van der Waals surface area contributed by atoms with E-state index in [9.17, 15) is 23.1 Å². The highest BCUT2D eigenvalue weighted by Crippen LogP contribution is 2.38. The minimum Gasteiger partial charge on any atom is -0.464 e. The lowest BCUT2D eigenvalue weighted by molar-refractivity contribution is -0.164. The summed E-state index contributed by atoms with van der Waals surface area (Å²) in [6.07, 6.45) is -0.249. The third kappa shape index (κ3) is 8.07. The van der Waals surface area contributed by atoms with E-state index in [1.165, 1.54) is 6.92 Å². The van der Waals surface area contributed by atoms with Gasteiger partial charge in [-0.3, -0.25) is 14.1 Å². The van der Waals surface area contributed by atoms with Gasteiger partial charge < -0.3 is 14.6 Å². The van der Waals surface area contributed by atoms with Crippen molar-refractivity contribution in [1.29, 1.82) is 0 Å². The van der Waals surface area contributed by atoms with Gasteiger partial charge in [0.05, 0.1) is 16.9 Å². The van der Waals surface area contributed by atoms with E-state index in [4.69, 9.17) is 14.0 Å². The van der Waals surface area contributed by atoms with Gasteiger partial charge in [-0.05, 0) is 40.5 Å². The number of hydrogen-bond donors (Lipinski definition) is 2. The van der Waals surface area contributed by atoms with Crippen LogP contribution >= 0.6 is 0 Å². The Bertz CT molecular complexity index is 538. The third-order valence-corrected chi connectivity index (χ3v) is 4.37. The van der Waals surface area contributed by atoms with Crippen molar-refractivity contribution in [2.75, 3.05) is 19.0 Å². The van der Waals surface area contributed by atoms with Crippen LogP contribution in [0.3, 0.4) is 0 Å². The monoisotopic (exact) mass is 368 g/mol. The number of ether oxygens (including phenoxy) is 2. The molecule has 0 fully saturated rings. The van der Waals surface area contributed by atoms with Gasteiger partial charge in [0.25, 0.3) is 10.1 Å². The number of hydrogen-bond acceptors (Lipinski definition) is 7. The molecule has 2 N–H and O–H groups in total. The van der Waals surface area contributed by atoms with E-state index in [2.05, 4.69) is 0 Å². The van der Waals surface area contributed by atoms with E-state index in [1.54, 1.807) is 27.7 Å². The second-order valence-corrected chi connectivity index (χ2v) is 8.42. The lowest BCUT2D eigenvalue weighted by atomic mass is 9.72. The molecule has 0 heterocycles. The van der Waals surface area contributed by atoms with Crippen LogP contribution in [0, 0.1) is 10.8 Å². The molecule has 0 bridgehead atoms. The number of rotatable bonds is 10. The van der Waals surface area contributed by atoms with Crippen LogP contribution in [0.1, 0.15) is 47.5 Å². The zero-order valence-corrected chi connectivity index (χ0v) is 15.7. The van der Waals surface area contributed by atoms with Gasteiger partial charge in [-0.2, -0.15) is 8.42 Å². The van der Waals surface area contributed by atoms with Gasteiger partial charge in [0.15, 0.2) is 0 Å². The molecule has 0 amide bonds. The number of aliphatic hydroxyl groups excluding tert-OH is 1. The van der Waals surface area contributed by atoms with Crippen LogP contribution in [0.2, 0.25) is 0 Å². The van der Waals surface area contributed by atoms with E-state index in [1.807, 2.05) is 0 Å². The van der Waals surface area contributed by atoms with Crippen molar-refractivity contribution in [1.82, 2.24) is 0 Å². The first-order valence-corrected chi connectivity index (χ1v) is 9.32. The Labute approximate surface area is 143 Å². The van der Waals surface area contributed by atoms with Crippen LogP contribution < -0.4 is 0 Å². The number of esters is 2. The molecule has 0 aromatic heterocycles. The Balaban J connectivity index is 4.87. The lowest BCUT2D eigenvalue weighted by Crippen LogP contribution is -2.39. The van der Waals surface area contributed by atoms with Crippen molar-refractivity contribution in [3.05, 3.63) is 0 Å². The average molecular weight is 368 g/mol. The van der Waals surface area contributed by atoms with Crippen LogP contribution in [-0.2, 0) is 29.2 Å². The number of carbonyl (C=O) groups is 2. The third-order valence-electron chi connectivity index (χ3n) is 3.69. The first kappa shape index (κ1) is 22.8. The summed E-state index contributed by atoms with van der Waals surface area (Å²) in [4.78, 5) is 24.4. The highest BCUT2D eigenvalue weighted by molar-refractivity contribution is 7.85. The van der Waals surface area contributed by atoms with Gasteiger partial charge in [-0.25, -0.2) is 0 Å². The maximum Gasteiger partial charge on any atom is 0.311 e. The Morgan fingerprint density at radius 1 is 1.12 bits per heavy atom. The van der Waals surface area contributed by atoms with Gasteiger partial charge >= 0.3 is 11.9 Å². The smallest absolute Gasteiger partial charge is 0.311 e. The second kappa shape index (κ2) is 8.77. The number of carbonyl (C=O) groups excluding carboxylic acids is 2. The molecule has 0 spiro atoms. The fourth-order valence-corrected chi connectivity index (χ4v) is 2.49. The van der Waals surface area contributed by atoms with Gasteiger partial charge in [0.2, 0.25) is 0 Å². The molecule has 142 valence electrons. The van der Waals surface area contributed by atoms with Crippen molar-refractivity contribution in [2.24, 2.45) is 10.8 Å². The molecule has 9 heteroatoms. The van der Waals surface area contributed by atoms with Crippen molar-refractivity contribution >= 4 is 22.1 Å². The predicted molar refractivity (Wildman–Crippen MR) is 86.8 cm³/mol. The molecule has 24 heavy (non-hydrogen) atoms. The Hall–Kier alpha value is -1.19. The van der Waals surface area contributed by atoms with Crippen molar-refractivity contribution in [3.8, 4) is 0 Å². The molecular weight excluding hydrogens is 340 g/mol. The first-order valence-electron chi connectivity index (χ1n) is 7.71. The van der Waals surface area contributed by atoms with Gasteiger partial charge in [0, 0.05) is 0 Å². The molecule has 0 aliphatic rings. The summed E-state index contributed by atoms with van der Waals surface area (Å²) in [5, 5.41) is 9.20. The highest BCUT2D eigenvalue weighted by Gasteiger charge is 2.43. The van der Waals surface area contributed by atoms with E-state index < -0.39 is 51.4 Å². The molecule has 0 aliphatic carbocycles. The van der Waals surface area contributed by atoms with Crippen molar-refractivity contribution < 1.29 is 37.1 Å². The Kier molecular flexibility index (Phi) is 8.34. The fraction of sp³-hybridized carbons (Fsp3) is 0.867. The summed E-state index contributed by atoms with van der Waals surface area (Å²) in [5.41, 5.74) is -2.02. The molecule has 0 saturated heterocycles. The minimum absolute atomic E-state index is 0.125. The SMILES string of the molecule is CCC(C)(CC(C)(C)C(=O)OCCS(=O)(=O)O)C(=O)OCC(C)O. The molecule has 2 unspecified atom stereocenters. The van der Waals surface area contributed by atoms with Gasteiger partial charge in [0.1, 0.15) is 19.0 Å². The van der Waals surface area contributed by atoms with E-state index in [0.717, 1.165) is 0 Å². The molecule has 2 atom stereocenters. The van der Waals surface area contributed by atoms with Crippen LogP contribution in [0.25, 0.3) is 0 Å². The van der Waals surface area contributed by atoms with E-state index >= 15 is 0 Å². The molecule has 0 saturated carbocycles. The zero-order valence-electron chi connectivity index (χ0n) is 14.9. The van der Waals surface area contributed by atoms with Crippen LogP contribution in [0.5, 0.6) is 0 Å². The van der Waals surface area contributed by atoms with Crippen LogP contribution in [0.4, 0.5) is 0 Å². The van der Waals surface area contributed by atoms with Gasteiger partial charge in [-0.15, -0.1) is 0 Å². The molecule has 0 radical (unpaired) electrons. The molecule has 0 rings (SSSR count). The maximum atomic E-state index is 12.2. The first-order chi connectivity index (χ1) is 10.7. The normalized spacial score (nSPS) is 16.1. The summed E-state index contributed by atoms with van der Waals surface area (Å²) < 4.78 is 39.8. The summed E-state index contributed by atoms with van der Waals surface area (Å²) >= 11 is 0. The lowest BCUT2D eigenvalue weighted by Gasteiger charge is -2.33. The second-order valence-electron chi connectivity index (χ2n) is 6.84. The Morgan fingerprint density at radius 2 is 1.67 bits per heavy atom. The quantitative estimate of drug-likeness (QED) is 0.434. The summed E-state index contributed by atoms with van der Waals surface area (Å²) in [5.74, 6) is -1.88. The average Bonchev–Trinajstić information content (AvgIpc) is 2.42. The standard InChI is InChI=1S/C15H28O8S/c1-6-15(5,13(18)23-9-11(2)16)10-14(3,4)12(17)22-7-8-24(19,20)21/h11,16H,6-10H2,1-5H3,(H,19,20,21). The molecule has 0 aliphatic heterocycles. The molecular formula is C15H28O8S. The van der Waals surface area contributed by atoms with Gasteiger partial charge in [-0.1, -0.05) is 6.92 Å². The maximum absolute atomic E-state index is 12.2.